The summed E-state index contributed by atoms with van der Waals surface area (Å²) in [5.74, 6) is 0.912. The van der Waals surface area contributed by atoms with Crippen molar-refractivity contribution in [2.45, 2.75) is 26.2 Å². The number of anilines is 2. The summed E-state index contributed by atoms with van der Waals surface area (Å²) in [6, 6.07) is 3.67. The minimum absolute atomic E-state index is 0.131. The fourth-order valence-corrected chi connectivity index (χ4v) is 4.12. The molecule has 2 saturated heterocycles. The molecule has 2 fully saturated rings. The first-order valence-electron chi connectivity index (χ1n) is 9.12. The van der Waals surface area contributed by atoms with Crippen LogP contribution in [0.5, 0.6) is 0 Å². The summed E-state index contributed by atoms with van der Waals surface area (Å²) in [6.07, 6.45) is 4.96. The summed E-state index contributed by atoms with van der Waals surface area (Å²) in [7, 11) is 1.77. The highest BCUT2D eigenvalue weighted by molar-refractivity contribution is 5.75. The van der Waals surface area contributed by atoms with Gasteiger partial charge < -0.3 is 15.4 Å². The smallest absolute Gasteiger partial charge is 0.264 e. The highest BCUT2D eigenvalue weighted by atomic mass is 16.5. The Kier molecular flexibility index (Phi) is 4.19. The Balaban J connectivity index is 1.67. The van der Waals surface area contributed by atoms with Gasteiger partial charge in [-0.1, -0.05) is 6.07 Å². The lowest BCUT2D eigenvalue weighted by Crippen LogP contribution is -2.43. The van der Waals surface area contributed by atoms with Crippen molar-refractivity contribution in [3.63, 3.8) is 0 Å². The van der Waals surface area contributed by atoms with Gasteiger partial charge >= 0.3 is 0 Å². The Morgan fingerprint density at radius 1 is 1.27 bits per heavy atom. The zero-order chi connectivity index (χ0) is 18.3. The minimum atomic E-state index is -0.131. The summed E-state index contributed by atoms with van der Waals surface area (Å²) in [5, 5.41) is 0. The third-order valence-corrected chi connectivity index (χ3v) is 5.86. The van der Waals surface area contributed by atoms with E-state index in [-0.39, 0.29) is 11.4 Å². The molecular formula is C19H25N5O2. The van der Waals surface area contributed by atoms with Crippen molar-refractivity contribution < 1.29 is 4.74 Å². The topological polar surface area (TPSA) is 86.3 Å². The Bertz CT molecular complexity index is 876. The number of rotatable bonds is 2. The third kappa shape index (κ3) is 2.76. The van der Waals surface area contributed by atoms with Gasteiger partial charge in [-0.05, 0) is 37.7 Å². The van der Waals surface area contributed by atoms with Crippen LogP contribution in [0.4, 0.5) is 11.8 Å². The number of hydrogen-bond donors (Lipinski definition) is 1. The SMILES string of the molecule is Cc1ncccc1-c1c(N)nc(N2CCC3(CCOC3)CC2)n(C)c1=O. The number of ether oxygens (including phenoxy) is 1. The fourth-order valence-electron chi connectivity index (χ4n) is 4.12. The van der Waals surface area contributed by atoms with Gasteiger partial charge in [0.05, 0.1) is 12.2 Å². The fraction of sp³-hybridized carbons (Fsp3) is 0.526. The molecule has 2 aliphatic heterocycles. The summed E-state index contributed by atoms with van der Waals surface area (Å²) in [4.78, 5) is 24.1. The average Bonchev–Trinajstić information content (AvgIpc) is 3.09. The van der Waals surface area contributed by atoms with E-state index in [2.05, 4.69) is 14.9 Å². The predicted molar refractivity (Wildman–Crippen MR) is 101 cm³/mol. The first-order chi connectivity index (χ1) is 12.5. The number of hydrogen-bond acceptors (Lipinski definition) is 6. The van der Waals surface area contributed by atoms with E-state index in [0.717, 1.165) is 56.8 Å². The third-order valence-electron chi connectivity index (χ3n) is 5.86. The van der Waals surface area contributed by atoms with E-state index < -0.39 is 0 Å². The van der Waals surface area contributed by atoms with E-state index in [9.17, 15) is 4.79 Å². The summed E-state index contributed by atoms with van der Waals surface area (Å²) >= 11 is 0. The normalized spacial score (nSPS) is 19.2. The molecule has 0 unspecified atom stereocenters. The van der Waals surface area contributed by atoms with E-state index in [1.54, 1.807) is 17.8 Å². The summed E-state index contributed by atoms with van der Waals surface area (Å²) in [5.41, 5.74) is 8.34. The Labute approximate surface area is 152 Å². The second kappa shape index (κ2) is 6.39. The van der Waals surface area contributed by atoms with E-state index in [4.69, 9.17) is 10.5 Å². The average molecular weight is 355 g/mol. The molecule has 0 amide bonds. The van der Waals surface area contributed by atoms with E-state index in [0.29, 0.717) is 16.9 Å². The first-order valence-corrected chi connectivity index (χ1v) is 9.12. The van der Waals surface area contributed by atoms with Gasteiger partial charge in [0.2, 0.25) is 5.95 Å². The van der Waals surface area contributed by atoms with Gasteiger partial charge in [0.25, 0.3) is 5.56 Å². The lowest BCUT2D eigenvalue weighted by molar-refractivity contribution is 0.133. The van der Waals surface area contributed by atoms with Gasteiger partial charge in [-0.25, -0.2) is 0 Å². The molecule has 26 heavy (non-hydrogen) atoms. The van der Waals surface area contributed by atoms with E-state index in [1.165, 1.54) is 0 Å². The van der Waals surface area contributed by atoms with Crippen LogP contribution in [0.25, 0.3) is 11.1 Å². The molecule has 2 aliphatic rings. The molecule has 0 aromatic carbocycles. The van der Waals surface area contributed by atoms with Gasteiger partial charge in [0.15, 0.2) is 0 Å². The van der Waals surface area contributed by atoms with Crippen LogP contribution in [-0.2, 0) is 11.8 Å². The number of aromatic nitrogens is 3. The molecule has 2 N–H and O–H groups in total. The largest absolute Gasteiger partial charge is 0.383 e. The van der Waals surface area contributed by atoms with Crippen molar-refractivity contribution in [1.82, 2.24) is 14.5 Å². The number of nitrogens with two attached hydrogens (primary N) is 1. The summed E-state index contributed by atoms with van der Waals surface area (Å²) < 4.78 is 7.21. The highest BCUT2D eigenvalue weighted by Gasteiger charge is 2.38. The van der Waals surface area contributed by atoms with Crippen molar-refractivity contribution in [3.05, 3.63) is 34.4 Å². The Morgan fingerprint density at radius 3 is 2.69 bits per heavy atom. The van der Waals surface area contributed by atoms with Crippen LogP contribution in [0.15, 0.2) is 23.1 Å². The van der Waals surface area contributed by atoms with Crippen LogP contribution in [0.1, 0.15) is 25.0 Å². The summed E-state index contributed by atoms with van der Waals surface area (Å²) in [6.45, 7) is 5.33. The molecule has 0 bridgehead atoms. The van der Waals surface area contributed by atoms with Crippen molar-refractivity contribution in [1.29, 1.82) is 0 Å². The molecule has 4 heterocycles. The second-order valence-corrected chi connectivity index (χ2v) is 7.46. The molecule has 7 heteroatoms. The van der Waals surface area contributed by atoms with Crippen LogP contribution >= 0.6 is 0 Å². The zero-order valence-corrected chi connectivity index (χ0v) is 15.4. The molecule has 0 aliphatic carbocycles. The molecule has 138 valence electrons. The maximum absolute atomic E-state index is 13.0. The molecule has 7 nitrogen and oxygen atoms in total. The molecule has 4 rings (SSSR count). The lowest BCUT2D eigenvalue weighted by Gasteiger charge is -2.39. The highest BCUT2D eigenvalue weighted by Crippen LogP contribution is 2.40. The molecule has 0 atom stereocenters. The van der Waals surface area contributed by atoms with Crippen molar-refractivity contribution in [2.75, 3.05) is 36.9 Å². The monoisotopic (exact) mass is 355 g/mol. The predicted octanol–water partition coefficient (Wildman–Crippen LogP) is 1.74. The molecule has 2 aromatic heterocycles. The van der Waals surface area contributed by atoms with E-state index in [1.807, 2.05) is 19.1 Å². The van der Waals surface area contributed by atoms with Gasteiger partial charge in [0.1, 0.15) is 5.82 Å². The van der Waals surface area contributed by atoms with Crippen LogP contribution < -0.4 is 16.2 Å². The van der Waals surface area contributed by atoms with Gasteiger partial charge in [0, 0.05) is 44.2 Å². The zero-order valence-electron chi connectivity index (χ0n) is 15.4. The molecule has 0 saturated carbocycles. The minimum Gasteiger partial charge on any atom is -0.383 e. The molecular weight excluding hydrogens is 330 g/mol. The van der Waals surface area contributed by atoms with Crippen LogP contribution in [0.2, 0.25) is 0 Å². The maximum atomic E-state index is 13.0. The van der Waals surface area contributed by atoms with E-state index >= 15 is 0 Å². The Morgan fingerprint density at radius 2 is 2.04 bits per heavy atom. The van der Waals surface area contributed by atoms with Crippen LogP contribution in [0.3, 0.4) is 0 Å². The quantitative estimate of drug-likeness (QED) is 0.883. The van der Waals surface area contributed by atoms with Crippen molar-refractivity contribution >= 4 is 11.8 Å². The van der Waals surface area contributed by atoms with Crippen molar-refractivity contribution in [2.24, 2.45) is 12.5 Å². The maximum Gasteiger partial charge on any atom is 0.264 e. The Hall–Kier alpha value is -2.41. The lowest BCUT2D eigenvalue weighted by atomic mass is 9.78. The standard InChI is InChI=1S/C19H25N5O2/c1-13-14(4-3-8-21-13)15-16(20)22-18(23(2)17(15)25)24-9-5-19(6-10-24)7-11-26-12-19/h3-4,8H,5-7,9-12,20H2,1-2H3. The second-order valence-electron chi connectivity index (χ2n) is 7.46. The number of aryl methyl sites for hydroxylation is 1. The van der Waals surface area contributed by atoms with Gasteiger partial charge in [-0.15, -0.1) is 0 Å². The van der Waals surface area contributed by atoms with Gasteiger partial charge in [-0.2, -0.15) is 4.98 Å². The number of piperidine rings is 1. The number of pyridine rings is 1. The number of nitrogen functional groups attached to an aromatic ring is 1. The first kappa shape index (κ1) is 17.0. The van der Waals surface area contributed by atoms with Gasteiger partial charge in [-0.3, -0.25) is 14.3 Å². The van der Waals surface area contributed by atoms with Crippen molar-refractivity contribution in [3.8, 4) is 11.1 Å². The molecule has 1 spiro atoms. The molecule has 2 aromatic rings. The molecule has 0 radical (unpaired) electrons. The number of nitrogens with zero attached hydrogens (tertiary/aromatic N) is 4. The van der Waals surface area contributed by atoms with Crippen LogP contribution in [-0.4, -0.2) is 40.8 Å². The van der Waals surface area contributed by atoms with Crippen LogP contribution in [0, 0.1) is 12.3 Å².